The zero-order valence-electron chi connectivity index (χ0n) is 17.9. The minimum atomic E-state index is -1.79. The van der Waals surface area contributed by atoms with Crippen LogP contribution in [0.1, 0.15) is 0 Å². The quantitative estimate of drug-likeness (QED) is 0.313. The fourth-order valence-corrected chi connectivity index (χ4v) is 5.31. The number of fused-ring (bicyclic) bond motifs is 1. The van der Waals surface area contributed by atoms with E-state index >= 15 is 0 Å². The highest BCUT2D eigenvalue weighted by Crippen LogP contribution is 2.42. The molecule has 3 heterocycles. The van der Waals surface area contributed by atoms with Gasteiger partial charge in [-0.15, -0.1) is 11.8 Å². The zero-order valence-corrected chi connectivity index (χ0v) is 21.0. The molecule has 4 rings (SSSR count). The summed E-state index contributed by atoms with van der Waals surface area (Å²) >= 11 is 18.6. The Bertz CT molecular complexity index is 968. The summed E-state index contributed by atoms with van der Waals surface area (Å²) in [5.41, 5.74) is 0.764. The highest BCUT2D eigenvalue weighted by Gasteiger charge is 2.55. The molecular weight excluding hydrogens is 529 g/mol. The highest BCUT2D eigenvalue weighted by atomic mass is 35.6. The van der Waals surface area contributed by atoms with Gasteiger partial charge in [-0.25, -0.2) is 4.79 Å². The molecule has 2 fully saturated rings. The number of nitrogens with zero attached hydrogens (tertiary/aromatic N) is 2. The van der Waals surface area contributed by atoms with Gasteiger partial charge in [0.05, 0.1) is 18.9 Å². The standard InChI is InChI=1S/C21H22Cl3N3O6S/c22-21(23,24)12-33-20(30)17-14(26-6-8-31-9-7-26)11-34-19-16(18(29)27(17)19)25-15(28)10-32-13-4-2-1-3-5-13/h1-5,16,19H,6-12H2,(H,25,28)/t16?,19-/m1/s1. The Morgan fingerprint density at radius 1 is 1.18 bits per heavy atom. The second kappa shape index (κ2) is 10.8. The molecule has 0 bridgehead atoms. The number of benzene rings is 1. The smallest absolute Gasteiger partial charge is 0.357 e. The number of halogens is 3. The molecule has 3 aliphatic heterocycles. The Hall–Kier alpha value is -1.85. The first-order valence-corrected chi connectivity index (χ1v) is 12.6. The summed E-state index contributed by atoms with van der Waals surface area (Å²) in [4.78, 5) is 41.8. The number of para-hydroxylation sites is 1. The number of esters is 1. The van der Waals surface area contributed by atoms with Crippen LogP contribution in [0.15, 0.2) is 41.7 Å². The number of hydrogen-bond acceptors (Lipinski definition) is 8. The lowest BCUT2D eigenvalue weighted by Crippen LogP contribution is -2.71. The lowest BCUT2D eigenvalue weighted by atomic mass is 10.0. The molecule has 2 atom stereocenters. The number of alkyl halides is 3. The number of rotatable bonds is 7. The molecule has 1 aromatic carbocycles. The third-order valence-electron chi connectivity index (χ3n) is 5.33. The number of ether oxygens (including phenoxy) is 3. The number of hydrogen-bond donors (Lipinski definition) is 1. The van der Waals surface area contributed by atoms with E-state index in [4.69, 9.17) is 49.0 Å². The van der Waals surface area contributed by atoms with E-state index in [1.807, 2.05) is 11.0 Å². The fourth-order valence-electron chi connectivity index (χ4n) is 3.76. The summed E-state index contributed by atoms with van der Waals surface area (Å²) < 4.78 is 14.3. The predicted molar refractivity (Wildman–Crippen MR) is 128 cm³/mol. The van der Waals surface area contributed by atoms with Gasteiger partial charge in [-0.2, -0.15) is 0 Å². The van der Waals surface area contributed by atoms with Gasteiger partial charge in [0.25, 0.3) is 11.8 Å². The van der Waals surface area contributed by atoms with Gasteiger partial charge in [0, 0.05) is 18.8 Å². The van der Waals surface area contributed by atoms with Crippen molar-refractivity contribution in [1.82, 2.24) is 15.1 Å². The molecule has 1 aromatic rings. The summed E-state index contributed by atoms with van der Waals surface area (Å²) in [5.74, 6) is -0.630. The van der Waals surface area contributed by atoms with Gasteiger partial charge in [-0.05, 0) is 12.1 Å². The van der Waals surface area contributed by atoms with Crippen LogP contribution in [-0.4, -0.2) is 88.1 Å². The second-order valence-corrected chi connectivity index (χ2v) is 11.3. The Morgan fingerprint density at radius 3 is 2.56 bits per heavy atom. The predicted octanol–water partition coefficient (Wildman–Crippen LogP) is 1.92. The van der Waals surface area contributed by atoms with Crippen molar-refractivity contribution in [2.45, 2.75) is 15.2 Å². The molecule has 0 aliphatic carbocycles. The number of thioether (sulfide) groups is 1. The van der Waals surface area contributed by atoms with Crippen molar-refractivity contribution >= 4 is 64.3 Å². The van der Waals surface area contributed by atoms with Crippen molar-refractivity contribution < 1.29 is 28.6 Å². The molecule has 1 N–H and O–H groups in total. The van der Waals surface area contributed by atoms with E-state index in [0.717, 1.165) is 0 Å². The molecule has 0 aromatic heterocycles. The van der Waals surface area contributed by atoms with E-state index in [-0.39, 0.29) is 12.3 Å². The number of amides is 2. The van der Waals surface area contributed by atoms with Gasteiger partial charge >= 0.3 is 5.97 Å². The van der Waals surface area contributed by atoms with Crippen LogP contribution in [0, 0.1) is 0 Å². The van der Waals surface area contributed by atoms with E-state index in [2.05, 4.69) is 5.32 Å². The van der Waals surface area contributed by atoms with Crippen molar-refractivity contribution in [3.63, 3.8) is 0 Å². The molecule has 34 heavy (non-hydrogen) atoms. The van der Waals surface area contributed by atoms with Crippen LogP contribution in [-0.2, 0) is 23.9 Å². The molecule has 0 radical (unpaired) electrons. The molecule has 0 saturated carbocycles. The van der Waals surface area contributed by atoms with Gasteiger partial charge in [0.1, 0.15) is 23.8 Å². The Morgan fingerprint density at radius 2 is 1.88 bits per heavy atom. The van der Waals surface area contributed by atoms with Gasteiger partial charge in [-0.3, -0.25) is 14.5 Å². The molecule has 2 saturated heterocycles. The number of carbonyl (C=O) groups is 3. The minimum Gasteiger partial charge on any atom is -0.484 e. The molecule has 0 spiro atoms. The molecule has 2 amide bonds. The van der Waals surface area contributed by atoms with Crippen molar-refractivity contribution in [1.29, 1.82) is 0 Å². The van der Waals surface area contributed by atoms with Gasteiger partial charge in [0.15, 0.2) is 12.3 Å². The second-order valence-electron chi connectivity index (χ2n) is 7.64. The van der Waals surface area contributed by atoms with Crippen molar-refractivity contribution in [2.75, 3.05) is 45.3 Å². The van der Waals surface area contributed by atoms with Crippen LogP contribution in [0.4, 0.5) is 0 Å². The lowest BCUT2D eigenvalue weighted by Gasteiger charge is -2.51. The summed E-state index contributed by atoms with van der Waals surface area (Å²) in [6, 6.07) is 8.09. The van der Waals surface area contributed by atoms with E-state index in [1.54, 1.807) is 24.3 Å². The van der Waals surface area contributed by atoms with Gasteiger partial charge in [-0.1, -0.05) is 53.0 Å². The zero-order chi connectivity index (χ0) is 24.3. The molecule has 1 unspecified atom stereocenters. The van der Waals surface area contributed by atoms with Crippen LogP contribution in [0.3, 0.4) is 0 Å². The topological polar surface area (TPSA) is 97.4 Å². The summed E-state index contributed by atoms with van der Waals surface area (Å²) in [7, 11) is 0. The van der Waals surface area contributed by atoms with E-state index in [9.17, 15) is 14.4 Å². The summed E-state index contributed by atoms with van der Waals surface area (Å²) in [6.07, 6.45) is 0. The Balaban J connectivity index is 1.46. The molecule has 9 nitrogen and oxygen atoms in total. The van der Waals surface area contributed by atoms with Crippen LogP contribution >= 0.6 is 46.6 Å². The summed E-state index contributed by atoms with van der Waals surface area (Å²) in [5, 5.41) is 2.23. The molecule has 184 valence electrons. The van der Waals surface area contributed by atoms with Crippen LogP contribution in [0.25, 0.3) is 0 Å². The molecule has 13 heteroatoms. The Kier molecular flexibility index (Phi) is 8.04. The average molecular weight is 551 g/mol. The van der Waals surface area contributed by atoms with E-state index in [0.29, 0.717) is 43.5 Å². The SMILES string of the molecule is O=C(COc1ccccc1)NC1C(=O)N2C(C(=O)OCC(Cl)(Cl)Cl)=C(N3CCOCC3)CS[C@H]12. The third kappa shape index (κ3) is 5.85. The summed E-state index contributed by atoms with van der Waals surface area (Å²) in [6.45, 7) is 1.44. The van der Waals surface area contributed by atoms with Crippen LogP contribution in [0.5, 0.6) is 5.75 Å². The maximum atomic E-state index is 13.0. The third-order valence-corrected chi connectivity index (χ3v) is 6.92. The fraction of sp³-hybridized carbons (Fsp3) is 0.476. The number of nitrogens with one attached hydrogen (secondary N) is 1. The van der Waals surface area contributed by atoms with E-state index in [1.165, 1.54) is 16.7 Å². The largest absolute Gasteiger partial charge is 0.484 e. The van der Waals surface area contributed by atoms with Crippen LogP contribution < -0.4 is 10.1 Å². The van der Waals surface area contributed by atoms with Gasteiger partial charge < -0.3 is 24.4 Å². The number of carbonyl (C=O) groups excluding carboxylic acids is 3. The first-order valence-electron chi connectivity index (χ1n) is 10.5. The van der Waals surface area contributed by atoms with Crippen molar-refractivity contribution in [2.24, 2.45) is 0 Å². The van der Waals surface area contributed by atoms with E-state index < -0.39 is 39.6 Å². The van der Waals surface area contributed by atoms with Crippen LogP contribution in [0.2, 0.25) is 0 Å². The Labute approximate surface area is 215 Å². The number of β-lactam (4-membered cyclic amide) rings is 1. The molecule has 3 aliphatic rings. The minimum absolute atomic E-state index is 0.107. The number of morpholine rings is 1. The monoisotopic (exact) mass is 549 g/mol. The normalized spacial score (nSPS) is 22.6. The maximum absolute atomic E-state index is 13.0. The highest BCUT2D eigenvalue weighted by molar-refractivity contribution is 8.00. The van der Waals surface area contributed by atoms with Crippen molar-refractivity contribution in [3.8, 4) is 5.75 Å². The van der Waals surface area contributed by atoms with Gasteiger partial charge in [0.2, 0.25) is 3.79 Å². The first kappa shape index (κ1) is 25.2. The molecular formula is C21H22Cl3N3O6S. The first-order chi connectivity index (χ1) is 16.2. The average Bonchev–Trinajstić information content (AvgIpc) is 2.84. The lowest BCUT2D eigenvalue weighted by molar-refractivity contribution is -0.153. The van der Waals surface area contributed by atoms with Crippen molar-refractivity contribution in [3.05, 3.63) is 41.7 Å². The maximum Gasteiger partial charge on any atom is 0.357 e.